The molecule has 0 aromatic heterocycles. The van der Waals surface area contributed by atoms with Gasteiger partial charge in [0.1, 0.15) is 0 Å². The fourth-order valence-corrected chi connectivity index (χ4v) is 3.18. The highest BCUT2D eigenvalue weighted by Crippen LogP contribution is 2.20. The van der Waals surface area contributed by atoms with Crippen molar-refractivity contribution >= 4 is 15.9 Å². The predicted molar refractivity (Wildman–Crippen MR) is 72.8 cm³/mol. The number of benzene rings is 1. The van der Waals surface area contributed by atoms with Crippen LogP contribution in [0.3, 0.4) is 0 Å². The molecule has 0 saturated carbocycles. The van der Waals surface area contributed by atoms with Gasteiger partial charge in [0, 0.05) is 52.0 Å². The van der Waals surface area contributed by atoms with E-state index in [1.807, 2.05) is 4.90 Å². The van der Waals surface area contributed by atoms with Gasteiger partial charge in [0.15, 0.2) is 11.6 Å². The minimum atomic E-state index is -3.41. The third-order valence-electron chi connectivity index (χ3n) is 3.29. The van der Waals surface area contributed by atoms with Gasteiger partial charge in [0.2, 0.25) is 0 Å². The van der Waals surface area contributed by atoms with Crippen LogP contribution in [0.15, 0.2) is 18.2 Å². The van der Waals surface area contributed by atoms with Crippen LogP contribution in [0.2, 0.25) is 0 Å². The molecule has 0 N–H and O–H groups in total. The van der Waals surface area contributed by atoms with Crippen LogP contribution in [0.4, 0.5) is 14.5 Å². The van der Waals surface area contributed by atoms with E-state index in [4.69, 9.17) is 0 Å². The number of anilines is 1. The Kier molecular flexibility index (Phi) is 4.26. The van der Waals surface area contributed by atoms with Crippen molar-refractivity contribution in [1.29, 1.82) is 0 Å². The Morgan fingerprint density at radius 2 is 1.65 bits per heavy atom. The number of halogens is 2. The van der Waals surface area contributed by atoms with E-state index in [1.54, 1.807) is 0 Å². The lowest BCUT2D eigenvalue weighted by Crippen LogP contribution is -2.51. The van der Waals surface area contributed by atoms with Gasteiger partial charge in [0.05, 0.1) is 0 Å². The highest BCUT2D eigenvalue weighted by atomic mass is 32.2. The monoisotopic (exact) mass is 305 g/mol. The fraction of sp³-hybridized carbons (Fsp3) is 0.500. The first-order valence-electron chi connectivity index (χ1n) is 6.20. The summed E-state index contributed by atoms with van der Waals surface area (Å²) in [6, 6.07) is 3.70. The topological polar surface area (TPSA) is 43.9 Å². The highest BCUT2D eigenvalue weighted by Gasteiger charge is 2.28. The quantitative estimate of drug-likeness (QED) is 0.833. The lowest BCUT2D eigenvalue weighted by atomic mass is 10.2. The van der Waals surface area contributed by atoms with Crippen molar-refractivity contribution in [1.82, 2.24) is 8.61 Å². The second-order valence-corrected chi connectivity index (χ2v) is 6.92. The Labute approximate surface area is 117 Å². The Bertz CT molecular complexity index is 584. The summed E-state index contributed by atoms with van der Waals surface area (Å²) < 4.78 is 52.5. The first kappa shape index (κ1) is 15.1. The normalized spacial score (nSPS) is 17.8. The molecule has 0 amide bonds. The summed E-state index contributed by atoms with van der Waals surface area (Å²) in [5.41, 5.74) is 0.561. The molecule has 1 aliphatic rings. The molecule has 5 nitrogen and oxygen atoms in total. The van der Waals surface area contributed by atoms with Crippen LogP contribution >= 0.6 is 0 Å². The Hall–Kier alpha value is -1.25. The van der Waals surface area contributed by atoms with Crippen LogP contribution in [-0.4, -0.2) is 57.3 Å². The van der Waals surface area contributed by atoms with E-state index in [1.165, 1.54) is 28.8 Å². The van der Waals surface area contributed by atoms with E-state index in [-0.39, 0.29) is 0 Å². The number of hydrogen-bond donors (Lipinski definition) is 0. The van der Waals surface area contributed by atoms with E-state index < -0.39 is 21.8 Å². The molecule has 112 valence electrons. The van der Waals surface area contributed by atoms with Crippen LogP contribution < -0.4 is 4.90 Å². The molecule has 1 fully saturated rings. The summed E-state index contributed by atoms with van der Waals surface area (Å²) in [5.74, 6) is -1.78. The molecule has 0 atom stereocenters. The molecule has 0 spiro atoms. The standard InChI is InChI=1S/C12H17F2N3O2S/c1-15(2)20(18,19)17-7-5-16(6-8-17)10-3-4-11(13)12(14)9-10/h3-4,9H,5-8H2,1-2H3. The molecule has 1 aliphatic heterocycles. The van der Waals surface area contributed by atoms with Crippen LogP contribution in [-0.2, 0) is 10.2 Å². The van der Waals surface area contributed by atoms with Gasteiger partial charge in [0.25, 0.3) is 10.2 Å². The molecule has 0 aliphatic carbocycles. The Morgan fingerprint density at radius 3 is 2.15 bits per heavy atom. The largest absolute Gasteiger partial charge is 0.369 e. The van der Waals surface area contributed by atoms with Gasteiger partial charge >= 0.3 is 0 Å². The van der Waals surface area contributed by atoms with Crippen molar-refractivity contribution in [2.24, 2.45) is 0 Å². The highest BCUT2D eigenvalue weighted by molar-refractivity contribution is 7.86. The van der Waals surface area contributed by atoms with Crippen molar-refractivity contribution in [3.8, 4) is 0 Å². The lowest BCUT2D eigenvalue weighted by molar-refractivity contribution is 0.355. The second-order valence-electron chi connectivity index (χ2n) is 4.77. The van der Waals surface area contributed by atoms with E-state index in [0.717, 1.165) is 12.1 Å². The number of hydrogen-bond acceptors (Lipinski definition) is 3. The number of nitrogens with zero attached hydrogens (tertiary/aromatic N) is 3. The number of piperazine rings is 1. The van der Waals surface area contributed by atoms with Gasteiger partial charge in [-0.25, -0.2) is 8.78 Å². The van der Waals surface area contributed by atoms with Crippen molar-refractivity contribution in [3.63, 3.8) is 0 Å². The van der Waals surface area contributed by atoms with E-state index in [0.29, 0.717) is 31.9 Å². The number of rotatable bonds is 3. The molecule has 0 unspecified atom stereocenters. The zero-order valence-corrected chi connectivity index (χ0v) is 12.2. The zero-order chi connectivity index (χ0) is 14.9. The average Bonchev–Trinajstić information content (AvgIpc) is 2.42. The molecule has 2 rings (SSSR count). The molecule has 0 radical (unpaired) electrons. The third kappa shape index (κ3) is 2.92. The maximum atomic E-state index is 13.2. The molecular weight excluding hydrogens is 288 g/mol. The van der Waals surface area contributed by atoms with Gasteiger partial charge in [-0.05, 0) is 12.1 Å². The van der Waals surface area contributed by atoms with Gasteiger partial charge in [-0.15, -0.1) is 0 Å². The Balaban J connectivity index is 2.06. The summed E-state index contributed by atoms with van der Waals surface area (Å²) in [4.78, 5) is 1.84. The molecular formula is C12H17F2N3O2S. The third-order valence-corrected chi connectivity index (χ3v) is 5.24. The minimum Gasteiger partial charge on any atom is -0.369 e. The lowest BCUT2D eigenvalue weighted by Gasteiger charge is -2.36. The zero-order valence-electron chi connectivity index (χ0n) is 11.4. The minimum absolute atomic E-state index is 0.319. The second kappa shape index (κ2) is 5.63. The van der Waals surface area contributed by atoms with Gasteiger partial charge in [-0.2, -0.15) is 17.0 Å². The Morgan fingerprint density at radius 1 is 1.05 bits per heavy atom. The molecule has 1 saturated heterocycles. The van der Waals surface area contributed by atoms with Gasteiger partial charge in [-0.1, -0.05) is 0 Å². The fourth-order valence-electron chi connectivity index (χ4n) is 2.09. The van der Waals surface area contributed by atoms with Crippen molar-refractivity contribution in [2.45, 2.75) is 0 Å². The van der Waals surface area contributed by atoms with E-state index in [2.05, 4.69) is 0 Å². The summed E-state index contributed by atoms with van der Waals surface area (Å²) in [6.45, 7) is 1.52. The maximum Gasteiger partial charge on any atom is 0.281 e. The van der Waals surface area contributed by atoms with Crippen LogP contribution in [0.1, 0.15) is 0 Å². The smallest absolute Gasteiger partial charge is 0.281 e. The van der Waals surface area contributed by atoms with Crippen molar-refractivity contribution < 1.29 is 17.2 Å². The van der Waals surface area contributed by atoms with Crippen LogP contribution in [0.5, 0.6) is 0 Å². The van der Waals surface area contributed by atoms with Crippen LogP contribution in [0, 0.1) is 11.6 Å². The molecule has 1 aromatic rings. The van der Waals surface area contributed by atoms with E-state index in [9.17, 15) is 17.2 Å². The summed E-state index contributed by atoms with van der Waals surface area (Å²) in [5, 5.41) is 0. The molecule has 1 heterocycles. The first-order valence-corrected chi connectivity index (χ1v) is 7.59. The average molecular weight is 305 g/mol. The summed E-state index contributed by atoms with van der Waals surface area (Å²) in [6.07, 6.45) is 0. The molecule has 8 heteroatoms. The SMILES string of the molecule is CN(C)S(=O)(=O)N1CCN(c2ccc(F)c(F)c2)CC1. The predicted octanol–water partition coefficient (Wildman–Crippen LogP) is 0.893. The molecule has 20 heavy (non-hydrogen) atoms. The van der Waals surface area contributed by atoms with Crippen molar-refractivity contribution in [2.75, 3.05) is 45.2 Å². The molecule has 0 bridgehead atoms. The van der Waals surface area contributed by atoms with Crippen molar-refractivity contribution in [3.05, 3.63) is 29.8 Å². The first-order chi connectivity index (χ1) is 9.32. The molecule has 1 aromatic carbocycles. The maximum absolute atomic E-state index is 13.2. The summed E-state index contributed by atoms with van der Waals surface area (Å²) in [7, 11) is -0.448. The van der Waals surface area contributed by atoms with Crippen LogP contribution in [0.25, 0.3) is 0 Å². The van der Waals surface area contributed by atoms with E-state index >= 15 is 0 Å². The van der Waals surface area contributed by atoms with Gasteiger partial charge in [-0.3, -0.25) is 0 Å². The summed E-state index contributed by atoms with van der Waals surface area (Å²) >= 11 is 0. The van der Waals surface area contributed by atoms with Gasteiger partial charge < -0.3 is 4.90 Å².